The summed E-state index contributed by atoms with van der Waals surface area (Å²) in [6.45, 7) is 4.04. The zero-order valence-corrected chi connectivity index (χ0v) is 10.6. The molecule has 5 heteroatoms. The topological polar surface area (TPSA) is 56.5 Å². The number of aliphatic hydroxyl groups is 1. The van der Waals surface area contributed by atoms with Crippen molar-refractivity contribution in [3.63, 3.8) is 0 Å². The number of imidazole rings is 1. The molecule has 1 aromatic heterocycles. The summed E-state index contributed by atoms with van der Waals surface area (Å²) >= 11 is 0. The lowest BCUT2D eigenvalue weighted by Gasteiger charge is -2.13. The van der Waals surface area contributed by atoms with Crippen LogP contribution in [0.25, 0.3) is 0 Å². The molecule has 0 aliphatic heterocycles. The van der Waals surface area contributed by atoms with Crippen molar-refractivity contribution in [3.05, 3.63) is 18.2 Å². The predicted molar refractivity (Wildman–Crippen MR) is 64.9 cm³/mol. The van der Waals surface area contributed by atoms with Gasteiger partial charge in [0, 0.05) is 25.9 Å². The molecule has 0 saturated carbocycles. The number of ether oxygens (including phenoxy) is 2. The van der Waals surface area contributed by atoms with Gasteiger partial charge in [-0.1, -0.05) is 6.92 Å². The molecular weight excluding hydrogens is 220 g/mol. The lowest BCUT2D eigenvalue weighted by molar-refractivity contribution is 0.00694. The zero-order valence-electron chi connectivity index (χ0n) is 10.6. The molecule has 0 amide bonds. The molecule has 0 fully saturated rings. The number of aromatic nitrogens is 2. The van der Waals surface area contributed by atoms with Gasteiger partial charge in [0.1, 0.15) is 5.82 Å². The first-order chi connectivity index (χ1) is 8.27. The number of methoxy groups -OCH3 is 1. The van der Waals surface area contributed by atoms with E-state index in [0.717, 1.165) is 18.7 Å². The van der Waals surface area contributed by atoms with E-state index in [4.69, 9.17) is 9.47 Å². The summed E-state index contributed by atoms with van der Waals surface area (Å²) in [5.74, 6) is 1.02. The molecule has 0 radical (unpaired) electrons. The highest BCUT2D eigenvalue weighted by Crippen LogP contribution is 2.03. The Hall–Kier alpha value is -0.910. The molecule has 0 spiro atoms. The van der Waals surface area contributed by atoms with Crippen LogP contribution >= 0.6 is 0 Å². The van der Waals surface area contributed by atoms with Gasteiger partial charge >= 0.3 is 0 Å². The van der Waals surface area contributed by atoms with Gasteiger partial charge in [-0.15, -0.1) is 0 Å². The summed E-state index contributed by atoms with van der Waals surface area (Å²) in [5, 5.41) is 9.80. The first kappa shape index (κ1) is 14.2. The number of aryl methyl sites for hydroxylation is 1. The Morgan fingerprint density at radius 2 is 2.29 bits per heavy atom. The fraction of sp³-hybridized carbons (Fsp3) is 0.750. The van der Waals surface area contributed by atoms with E-state index >= 15 is 0 Å². The number of hydrogen-bond donors (Lipinski definition) is 1. The average molecular weight is 242 g/mol. The Bertz CT molecular complexity index is 302. The van der Waals surface area contributed by atoms with Gasteiger partial charge in [0.25, 0.3) is 0 Å². The molecule has 1 atom stereocenters. The third-order valence-corrected chi connectivity index (χ3v) is 2.42. The average Bonchev–Trinajstić information content (AvgIpc) is 2.73. The van der Waals surface area contributed by atoms with Gasteiger partial charge in [0.15, 0.2) is 0 Å². The summed E-state index contributed by atoms with van der Waals surface area (Å²) in [5.41, 5.74) is 0. The molecule has 1 rings (SSSR count). The Labute approximate surface area is 102 Å². The van der Waals surface area contributed by atoms with Crippen molar-refractivity contribution in [2.24, 2.45) is 0 Å². The second-order valence-corrected chi connectivity index (χ2v) is 3.97. The standard InChI is InChI=1S/C12H22N2O3/c1-3-4-12-13-5-6-14(12)9-11(15)10-17-8-7-16-2/h5-6,11,15H,3-4,7-10H2,1-2H3. The van der Waals surface area contributed by atoms with Crippen molar-refractivity contribution in [1.29, 1.82) is 0 Å². The minimum absolute atomic E-state index is 0.326. The molecule has 1 heterocycles. The van der Waals surface area contributed by atoms with Crippen LogP contribution in [0.5, 0.6) is 0 Å². The van der Waals surface area contributed by atoms with Gasteiger partial charge in [0.2, 0.25) is 0 Å². The van der Waals surface area contributed by atoms with E-state index in [1.807, 2.05) is 10.8 Å². The summed E-state index contributed by atoms with van der Waals surface area (Å²) in [6.07, 6.45) is 5.14. The quantitative estimate of drug-likeness (QED) is 0.653. The van der Waals surface area contributed by atoms with Crippen molar-refractivity contribution in [3.8, 4) is 0 Å². The Morgan fingerprint density at radius 1 is 1.47 bits per heavy atom. The van der Waals surface area contributed by atoms with E-state index in [0.29, 0.717) is 26.4 Å². The number of nitrogens with zero attached hydrogens (tertiary/aromatic N) is 2. The first-order valence-electron chi connectivity index (χ1n) is 6.02. The third kappa shape index (κ3) is 5.30. The molecule has 1 aromatic rings. The van der Waals surface area contributed by atoms with Gasteiger partial charge in [-0.2, -0.15) is 0 Å². The molecule has 0 saturated heterocycles. The van der Waals surface area contributed by atoms with Crippen molar-refractivity contribution in [1.82, 2.24) is 9.55 Å². The van der Waals surface area contributed by atoms with E-state index in [-0.39, 0.29) is 0 Å². The smallest absolute Gasteiger partial charge is 0.108 e. The lowest BCUT2D eigenvalue weighted by Crippen LogP contribution is -2.23. The number of rotatable bonds is 9. The van der Waals surface area contributed by atoms with E-state index < -0.39 is 6.10 Å². The minimum Gasteiger partial charge on any atom is -0.389 e. The Balaban J connectivity index is 2.29. The molecule has 0 aliphatic carbocycles. The monoisotopic (exact) mass is 242 g/mol. The summed E-state index contributed by atoms with van der Waals surface area (Å²) in [6, 6.07) is 0. The van der Waals surface area contributed by atoms with Gasteiger partial charge in [-0.05, 0) is 6.42 Å². The molecule has 0 bridgehead atoms. The van der Waals surface area contributed by atoms with Gasteiger partial charge in [0.05, 0.1) is 32.5 Å². The SMILES string of the molecule is CCCc1nccn1CC(O)COCCOC. The van der Waals surface area contributed by atoms with Gasteiger partial charge in [-0.3, -0.25) is 0 Å². The van der Waals surface area contributed by atoms with E-state index in [2.05, 4.69) is 11.9 Å². The van der Waals surface area contributed by atoms with Crippen LogP contribution in [0.2, 0.25) is 0 Å². The summed E-state index contributed by atoms with van der Waals surface area (Å²) in [4.78, 5) is 4.26. The molecular formula is C12H22N2O3. The Morgan fingerprint density at radius 3 is 3.00 bits per heavy atom. The molecule has 98 valence electrons. The number of hydrogen-bond acceptors (Lipinski definition) is 4. The predicted octanol–water partition coefficient (Wildman–Crippen LogP) is 0.859. The fourth-order valence-corrected chi connectivity index (χ4v) is 1.60. The number of aliphatic hydroxyl groups excluding tert-OH is 1. The molecule has 0 aromatic carbocycles. The van der Waals surface area contributed by atoms with Gasteiger partial charge in [-0.25, -0.2) is 4.98 Å². The van der Waals surface area contributed by atoms with Crippen LogP contribution in [0.1, 0.15) is 19.2 Å². The van der Waals surface area contributed by atoms with E-state index in [1.165, 1.54) is 0 Å². The van der Waals surface area contributed by atoms with Crippen LogP contribution < -0.4 is 0 Å². The van der Waals surface area contributed by atoms with Crippen LogP contribution in [-0.4, -0.2) is 47.7 Å². The maximum atomic E-state index is 9.80. The Kier molecular flexibility index (Phi) is 6.84. The maximum Gasteiger partial charge on any atom is 0.108 e. The highest BCUT2D eigenvalue weighted by atomic mass is 16.5. The second-order valence-electron chi connectivity index (χ2n) is 3.97. The highest BCUT2D eigenvalue weighted by molar-refractivity contribution is 4.92. The van der Waals surface area contributed by atoms with Crippen LogP contribution in [0.3, 0.4) is 0 Å². The summed E-state index contributed by atoms with van der Waals surface area (Å²) in [7, 11) is 1.63. The molecule has 1 unspecified atom stereocenters. The van der Waals surface area contributed by atoms with Gasteiger partial charge < -0.3 is 19.1 Å². The normalized spacial score (nSPS) is 12.9. The minimum atomic E-state index is -0.503. The van der Waals surface area contributed by atoms with Crippen LogP contribution in [0.15, 0.2) is 12.4 Å². The van der Waals surface area contributed by atoms with Crippen molar-refractivity contribution >= 4 is 0 Å². The van der Waals surface area contributed by atoms with E-state index in [9.17, 15) is 5.11 Å². The lowest BCUT2D eigenvalue weighted by atomic mass is 10.3. The third-order valence-electron chi connectivity index (χ3n) is 2.42. The molecule has 0 aliphatic rings. The van der Waals surface area contributed by atoms with Crippen molar-refractivity contribution in [2.45, 2.75) is 32.4 Å². The van der Waals surface area contributed by atoms with Crippen LogP contribution in [0.4, 0.5) is 0 Å². The molecule has 5 nitrogen and oxygen atoms in total. The first-order valence-corrected chi connectivity index (χ1v) is 6.02. The largest absolute Gasteiger partial charge is 0.389 e. The fourth-order valence-electron chi connectivity index (χ4n) is 1.60. The van der Waals surface area contributed by atoms with Crippen LogP contribution in [0, 0.1) is 0 Å². The molecule has 17 heavy (non-hydrogen) atoms. The maximum absolute atomic E-state index is 9.80. The van der Waals surface area contributed by atoms with Crippen LogP contribution in [-0.2, 0) is 22.4 Å². The van der Waals surface area contributed by atoms with Crippen molar-refractivity contribution < 1.29 is 14.6 Å². The van der Waals surface area contributed by atoms with E-state index in [1.54, 1.807) is 13.3 Å². The molecule has 1 N–H and O–H groups in total. The second kappa shape index (κ2) is 8.22. The highest BCUT2D eigenvalue weighted by Gasteiger charge is 2.08. The zero-order chi connectivity index (χ0) is 12.5. The van der Waals surface area contributed by atoms with Crippen molar-refractivity contribution in [2.75, 3.05) is 26.9 Å². The summed E-state index contributed by atoms with van der Waals surface area (Å²) < 4.78 is 12.1.